The lowest BCUT2D eigenvalue weighted by Crippen LogP contribution is -2.30. The molecule has 6 heteroatoms. The minimum atomic E-state index is -0.813. The minimum Gasteiger partial charge on any atom is -0.462 e. The molecule has 1 unspecified atom stereocenters. The van der Waals surface area contributed by atoms with Crippen LogP contribution in [0.5, 0.6) is 0 Å². The van der Waals surface area contributed by atoms with Crippen molar-refractivity contribution < 1.29 is 28.6 Å². The van der Waals surface area contributed by atoms with Gasteiger partial charge in [0, 0.05) is 19.3 Å². The first-order valence-electron chi connectivity index (χ1n) is 33.1. The highest BCUT2D eigenvalue weighted by atomic mass is 16.6. The fourth-order valence-corrected chi connectivity index (χ4v) is 9.45. The van der Waals surface area contributed by atoms with Crippen LogP contribution in [-0.4, -0.2) is 37.2 Å². The predicted molar refractivity (Wildman–Crippen MR) is 334 cm³/mol. The van der Waals surface area contributed by atoms with Crippen molar-refractivity contribution in [1.29, 1.82) is 0 Å². The van der Waals surface area contributed by atoms with Crippen LogP contribution in [0.2, 0.25) is 0 Å². The quantitative estimate of drug-likeness (QED) is 0.0261. The van der Waals surface area contributed by atoms with Crippen molar-refractivity contribution in [3.05, 3.63) is 85.1 Å². The molecule has 0 N–H and O–H groups in total. The first-order chi connectivity index (χ1) is 38.0. The first-order valence-corrected chi connectivity index (χ1v) is 33.1. The fraction of sp³-hybridized carbons (Fsp3) is 0.761. The maximum absolute atomic E-state index is 12.9. The Morgan fingerprint density at radius 3 is 0.857 bits per heavy atom. The summed E-state index contributed by atoms with van der Waals surface area (Å²) in [5, 5.41) is 0. The van der Waals surface area contributed by atoms with Crippen LogP contribution in [0.25, 0.3) is 0 Å². The summed E-state index contributed by atoms with van der Waals surface area (Å²) in [6, 6.07) is 0. The highest BCUT2D eigenvalue weighted by Crippen LogP contribution is 2.17. The van der Waals surface area contributed by atoms with E-state index in [4.69, 9.17) is 14.2 Å². The van der Waals surface area contributed by atoms with Crippen LogP contribution in [0, 0.1) is 0 Å². The Bertz CT molecular complexity index is 1470. The number of allylic oxidation sites excluding steroid dienone is 14. The van der Waals surface area contributed by atoms with Gasteiger partial charge in [0.1, 0.15) is 13.2 Å². The van der Waals surface area contributed by atoms with Gasteiger partial charge in [-0.3, -0.25) is 14.4 Å². The average molecular weight is 1070 g/mol. The largest absolute Gasteiger partial charge is 0.462 e. The summed E-state index contributed by atoms with van der Waals surface area (Å²) in [6.45, 7) is 6.48. The zero-order valence-electron chi connectivity index (χ0n) is 51.0. The third-order valence-electron chi connectivity index (χ3n) is 14.4. The molecule has 0 aromatic rings. The zero-order chi connectivity index (χ0) is 55.7. The van der Waals surface area contributed by atoms with Crippen molar-refractivity contribution in [2.45, 2.75) is 335 Å². The van der Waals surface area contributed by atoms with Gasteiger partial charge in [-0.05, 0) is 89.9 Å². The molecule has 0 heterocycles. The molecular weight excluding hydrogens is 949 g/mol. The summed E-state index contributed by atoms with van der Waals surface area (Å²) in [4.78, 5) is 38.3. The van der Waals surface area contributed by atoms with Crippen LogP contribution in [0.3, 0.4) is 0 Å². The van der Waals surface area contributed by atoms with Crippen LogP contribution in [0.4, 0.5) is 0 Å². The molecule has 0 amide bonds. The number of carbonyl (C=O) groups excluding carboxylic acids is 3. The Hall–Kier alpha value is -3.41. The maximum Gasteiger partial charge on any atom is 0.306 e. The lowest BCUT2D eigenvalue weighted by Gasteiger charge is -2.18. The number of esters is 3. The Balaban J connectivity index is 4.31. The molecule has 0 rings (SSSR count). The lowest BCUT2D eigenvalue weighted by atomic mass is 10.0. The number of carbonyl (C=O) groups is 3. The van der Waals surface area contributed by atoms with Gasteiger partial charge in [-0.1, -0.05) is 305 Å². The molecule has 0 saturated heterocycles. The van der Waals surface area contributed by atoms with Gasteiger partial charge in [0.25, 0.3) is 0 Å². The van der Waals surface area contributed by atoms with Gasteiger partial charge in [-0.2, -0.15) is 0 Å². The third kappa shape index (κ3) is 63.3. The molecule has 0 bridgehead atoms. The lowest BCUT2D eigenvalue weighted by molar-refractivity contribution is -0.167. The van der Waals surface area contributed by atoms with Crippen molar-refractivity contribution >= 4 is 17.9 Å². The Morgan fingerprint density at radius 2 is 0.519 bits per heavy atom. The van der Waals surface area contributed by atoms with E-state index >= 15 is 0 Å². The monoisotopic (exact) mass is 1070 g/mol. The summed E-state index contributed by atoms with van der Waals surface area (Å²) < 4.78 is 16.9. The van der Waals surface area contributed by atoms with E-state index in [1.807, 2.05) is 0 Å². The summed E-state index contributed by atoms with van der Waals surface area (Å²) in [6.07, 6.45) is 86.2. The molecule has 0 aliphatic rings. The number of hydrogen-bond acceptors (Lipinski definition) is 6. The molecule has 0 saturated carbocycles. The average Bonchev–Trinajstić information content (AvgIpc) is 3.43. The molecule has 0 spiro atoms. The summed E-state index contributed by atoms with van der Waals surface area (Å²) in [5.41, 5.74) is 0. The molecule has 0 aromatic heterocycles. The zero-order valence-corrected chi connectivity index (χ0v) is 51.0. The van der Waals surface area contributed by atoms with Crippen molar-refractivity contribution in [2.75, 3.05) is 13.2 Å². The molecule has 444 valence electrons. The van der Waals surface area contributed by atoms with Gasteiger partial charge in [0.15, 0.2) is 6.10 Å². The molecule has 77 heavy (non-hydrogen) atoms. The van der Waals surface area contributed by atoms with E-state index in [-0.39, 0.29) is 37.5 Å². The topological polar surface area (TPSA) is 78.9 Å². The molecule has 0 aliphatic carbocycles. The SMILES string of the molecule is CC/C=C\C/C=C\C/C=C\C/C=C\C/C=C\CCCC(=O)OC(COC(=O)CCCCCCC/C=C\C/C=C\CCCCC)COC(=O)CCCCCCCCCCCCCCCCCCCCCCCCCCCCC. The second kappa shape index (κ2) is 65.1. The van der Waals surface area contributed by atoms with Gasteiger partial charge in [-0.15, -0.1) is 0 Å². The highest BCUT2D eigenvalue weighted by molar-refractivity contribution is 5.71. The Kier molecular flexibility index (Phi) is 62.2. The normalized spacial score (nSPS) is 12.6. The van der Waals surface area contributed by atoms with Gasteiger partial charge in [-0.25, -0.2) is 0 Å². The number of ether oxygens (including phenoxy) is 3. The molecule has 6 nitrogen and oxygen atoms in total. The van der Waals surface area contributed by atoms with E-state index in [0.29, 0.717) is 19.3 Å². The van der Waals surface area contributed by atoms with Crippen LogP contribution < -0.4 is 0 Å². The summed E-state index contributed by atoms with van der Waals surface area (Å²) >= 11 is 0. The van der Waals surface area contributed by atoms with Gasteiger partial charge in [0.2, 0.25) is 0 Å². The fourth-order valence-electron chi connectivity index (χ4n) is 9.45. The minimum absolute atomic E-state index is 0.101. The molecule has 1 atom stereocenters. The van der Waals surface area contributed by atoms with E-state index in [1.54, 1.807) is 0 Å². The maximum atomic E-state index is 12.9. The van der Waals surface area contributed by atoms with E-state index in [0.717, 1.165) is 103 Å². The van der Waals surface area contributed by atoms with E-state index in [9.17, 15) is 14.4 Å². The van der Waals surface area contributed by atoms with E-state index < -0.39 is 6.10 Å². The first kappa shape index (κ1) is 73.6. The highest BCUT2D eigenvalue weighted by Gasteiger charge is 2.19. The molecule has 0 fully saturated rings. The van der Waals surface area contributed by atoms with Gasteiger partial charge >= 0.3 is 17.9 Å². The molecule has 0 aliphatic heterocycles. The van der Waals surface area contributed by atoms with Gasteiger partial charge in [0.05, 0.1) is 0 Å². The smallest absolute Gasteiger partial charge is 0.306 e. The third-order valence-corrected chi connectivity index (χ3v) is 14.4. The second-order valence-electron chi connectivity index (χ2n) is 22.0. The Labute approximate surface area is 477 Å². The van der Waals surface area contributed by atoms with Crippen LogP contribution in [0.1, 0.15) is 329 Å². The summed E-state index contributed by atoms with van der Waals surface area (Å²) in [5.74, 6) is -0.962. The number of hydrogen-bond donors (Lipinski definition) is 0. The molecule has 0 radical (unpaired) electrons. The second-order valence-corrected chi connectivity index (χ2v) is 22.0. The van der Waals surface area contributed by atoms with E-state index in [1.165, 1.54) is 180 Å². The molecular formula is C71H124O6. The van der Waals surface area contributed by atoms with Crippen LogP contribution in [0.15, 0.2) is 85.1 Å². The van der Waals surface area contributed by atoms with Crippen molar-refractivity contribution in [3.8, 4) is 0 Å². The predicted octanol–water partition coefficient (Wildman–Crippen LogP) is 22.7. The van der Waals surface area contributed by atoms with Crippen LogP contribution in [-0.2, 0) is 28.6 Å². The molecule has 0 aromatic carbocycles. The number of unbranched alkanes of at least 4 members (excludes halogenated alkanes) is 35. The standard InChI is InChI=1S/C71H124O6/c1-4-7-10-13-16-19-22-25-28-30-31-32-33-34-35-36-37-38-39-41-43-46-49-52-55-58-61-64-70(73)76-67-68(66-75-69(72)63-60-57-54-51-48-45-42-27-24-21-18-15-12-9-6-3)77-71(74)65-62-59-56-53-50-47-44-40-29-26-23-20-17-14-11-8-5-2/h8,11,17-18,20-21,26-27,29,42,44,47,53,56,68H,4-7,9-10,12-16,19,22-25,28,30-41,43,45-46,48-52,54-55,57-67H2,1-3H3/b11-8-,20-17-,21-18-,29-26-,42-27-,47-44-,56-53-. The van der Waals surface area contributed by atoms with Crippen molar-refractivity contribution in [1.82, 2.24) is 0 Å². The van der Waals surface area contributed by atoms with E-state index in [2.05, 4.69) is 106 Å². The van der Waals surface area contributed by atoms with Gasteiger partial charge < -0.3 is 14.2 Å². The number of rotatable bonds is 60. The van der Waals surface area contributed by atoms with Crippen molar-refractivity contribution in [2.24, 2.45) is 0 Å². The Morgan fingerprint density at radius 1 is 0.273 bits per heavy atom. The van der Waals surface area contributed by atoms with Crippen LogP contribution >= 0.6 is 0 Å². The summed E-state index contributed by atoms with van der Waals surface area (Å²) in [7, 11) is 0. The van der Waals surface area contributed by atoms with Crippen molar-refractivity contribution in [3.63, 3.8) is 0 Å².